The molecule has 19 heavy (non-hydrogen) atoms. The Bertz CT molecular complexity index is 461. The number of carbonyl (C=O) groups excluding carboxylic acids is 1. The maximum atomic E-state index is 11.7. The molecule has 0 spiro atoms. The van der Waals surface area contributed by atoms with Crippen LogP contribution in [0, 0.1) is 0 Å². The van der Waals surface area contributed by atoms with Crippen LogP contribution in [0.1, 0.15) is 18.4 Å². The molecule has 2 rings (SSSR count). The first-order valence-corrected chi connectivity index (χ1v) is 5.87. The van der Waals surface area contributed by atoms with Crippen molar-refractivity contribution in [2.75, 3.05) is 14.2 Å². The van der Waals surface area contributed by atoms with E-state index in [1.54, 1.807) is 14.2 Å². The van der Waals surface area contributed by atoms with Crippen molar-refractivity contribution in [3.8, 4) is 11.5 Å². The zero-order valence-electron chi connectivity index (χ0n) is 11.1. The lowest BCUT2D eigenvalue weighted by molar-refractivity contribution is -0.123. The minimum Gasteiger partial charge on any atom is -0.497 e. The lowest BCUT2D eigenvalue weighted by Crippen LogP contribution is -2.42. The Morgan fingerprint density at radius 3 is 2.58 bits per heavy atom. The van der Waals surface area contributed by atoms with Crippen molar-refractivity contribution < 1.29 is 14.3 Å². The highest BCUT2D eigenvalue weighted by Crippen LogP contribution is 2.32. The van der Waals surface area contributed by atoms with Crippen molar-refractivity contribution in [3.05, 3.63) is 23.8 Å². The lowest BCUT2D eigenvalue weighted by atomic mass is 10.1. The van der Waals surface area contributed by atoms with Gasteiger partial charge >= 0.3 is 0 Å². The Morgan fingerprint density at radius 2 is 2.05 bits per heavy atom. The number of nitrogens with one attached hydrogen (secondary N) is 1. The van der Waals surface area contributed by atoms with Gasteiger partial charge in [-0.05, 0) is 31.0 Å². The molecular formula is C13H19ClN2O3. The zero-order chi connectivity index (χ0) is 13.2. The first-order valence-electron chi connectivity index (χ1n) is 5.87. The summed E-state index contributed by atoms with van der Waals surface area (Å²) in [5.74, 6) is 1.35. The molecule has 0 heterocycles. The summed E-state index contributed by atoms with van der Waals surface area (Å²) in [6, 6.07) is 5.47. The van der Waals surface area contributed by atoms with Crippen LogP contribution in [-0.2, 0) is 11.3 Å². The highest BCUT2D eigenvalue weighted by molar-refractivity contribution is 5.88. The molecular weight excluding hydrogens is 268 g/mol. The van der Waals surface area contributed by atoms with Gasteiger partial charge in [-0.15, -0.1) is 12.4 Å². The second-order valence-corrected chi connectivity index (χ2v) is 4.52. The molecule has 0 unspecified atom stereocenters. The first kappa shape index (κ1) is 15.6. The highest BCUT2D eigenvalue weighted by Gasteiger charge is 2.45. The number of nitrogens with two attached hydrogens (primary N) is 1. The SMILES string of the molecule is COc1ccc(OC)c(CNC(=O)C2(N)CC2)c1.Cl. The van der Waals surface area contributed by atoms with Gasteiger partial charge in [-0.25, -0.2) is 0 Å². The van der Waals surface area contributed by atoms with Crippen molar-refractivity contribution in [2.24, 2.45) is 5.73 Å². The summed E-state index contributed by atoms with van der Waals surface area (Å²) in [4.78, 5) is 11.7. The van der Waals surface area contributed by atoms with Crippen LogP contribution in [0.3, 0.4) is 0 Å². The molecule has 1 aliphatic rings. The number of carbonyl (C=O) groups is 1. The third-order valence-electron chi connectivity index (χ3n) is 3.17. The molecule has 1 aromatic carbocycles. The third kappa shape index (κ3) is 3.52. The summed E-state index contributed by atoms with van der Waals surface area (Å²) in [7, 11) is 3.20. The van der Waals surface area contributed by atoms with Crippen molar-refractivity contribution in [1.82, 2.24) is 5.32 Å². The fourth-order valence-electron chi connectivity index (χ4n) is 1.73. The van der Waals surface area contributed by atoms with Gasteiger partial charge in [0.2, 0.25) is 5.91 Å². The van der Waals surface area contributed by atoms with E-state index >= 15 is 0 Å². The standard InChI is InChI=1S/C13H18N2O3.ClH/c1-17-10-3-4-11(18-2)9(7-10)8-15-12(16)13(14)5-6-13;/h3-4,7H,5-6,8,14H2,1-2H3,(H,15,16);1H. The molecule has 5 nitrogen and oxygen atoms in total. The van der Waals surface area contributed by atoms with Crippen LogP contribution in [-0.4, -0.2) is 25.7 Å². The Kier molecular flexibility index (Phi) is 5.03. The molecule has 0 aromatic heterocycles. The van der Waals surface area contributed by atoms with Crippen LogP contribution in [0.5, 0.6) is 11.5 Å². The summed E-state index contributed by atoms with van der Waals surface area (Å²) in [6.45, 7) is 0.387. The van der Waals surface area contributed by atoms with E-state index in [9.17, 15) is 4.79 Å². The van der Waals surface area contributed by atoms with Crippen LogP contribution in [0.25, 0.3) is 0 Å². The molecule has 0 aliphatic heterocycles. The Hall–Kier alpha value is -1.46. The molecule has 3 N–H and O–H groups in total. The van der Waals surface area contributed by atoms with Gasteiger partial charge in [-0.3, -0.25) is 4.79 Å². The smallest absolute Gasteiger partial charge is 0.240 e. The fraction of sp³-hybridized carbons (Fsp3) is 0.462. The van der Waals surface area contributed by atoms with Gasteiger partial charge < -0.3 is 20.5 Å². The lowest BCUT2D eigenvalue weighted by Gasteiger charge is -2.13. The number of benzene rings is 1. The average molecular weight is 287 g/mol. The number of methoxy groups -OCH3 is 2. The summed E-state index contributed by atoms with van der Waals surface area (Å²) < 4.78 is 10.4. The van der Waals surface area contributed by atoms with Gasteiger partial charge in [-0.1, -0.05) is 0 Å². The van der Waals surface area contributed by atoms with Crippen molar-refractivity contribution in [2.45, 2.75) is 24.9 Å². The Morgan fingerprint density at radius 1 is 1.37 bits per heavy atom. The maximum Gasteiger partial charge on any atom is 0.240 e. The molecule has 1 fully saturated rings. The topological polar surface area (TPSA) is 73.6 Å². The molecule has 1 saturated carbocycles. The van der Waals surface area contributed by atoms with Gasteiger partial charge in [-0.2, -0.15) is 0 Å². The third-order valence-corrected chi connectivity index (χ3v) is 3.17. The van der Waals surface area contributed by atoms with Crippen LogP contribution in [0.2, 0.25) is 0 Å². The van der Waals surface area contributed by atoms with Crippen molar-refractivity contribution >= 4 is 18.3 Å². The van der Waals surface area contributed by atoms with Gasteiger partial charge in [0.15, 0.2) is 0 Å². The predicted molar refractivity (Wildman–Crippen MR) is 74.8 cm³/mol. The zero-order valence-corrected chi connectivity index (χ0v) is 11.9. The minimum absolute atomic E-state index is 0. The van der Waals surface area contributed by atoms with Crippen LogP contribution in [0.4, 0.5) is 0 Å². The number of hydrogen-bond acceptors (Lipinski definition) is 4. The van der Waals surface area contributed by atoms with Gasteiger partial charge in [0.1, 0.15) is 11.5 Å². The Balaban J connectivity index is 0.00000180. The molecule has 1 aliphatic carbocycles. The van der Waals surface area contributed by atoms with Crippen LogP contribution < -0.4 is 20.5 Å². The molecule has 0 atom stereocenters. The summed E-state index contributed by atoms with van der Waals surface area (Å²) in [6.07, 6.45) is 1.52. The predicted octanol–water partition coefficient (Wildman–Crippen LogP) is 1.23. The van der Waals surface area contributed by atoms with E-state index in [0.717, 1.165) is 29.9 Å². The van der Waals surface area contributed by atoms with Gasteiger partial charge in [0.25, 0.3) is 0 Å². The van der Waals surface area contributed by atoms with E-state index in [1.807, 2.05) is 18.2 Å². The monoisotopic (exact) mass is 286 g/mol. The molecule has 0 radical (unpaired) electrons. The molecule has 0 saturated heterocycles. The average Bonchev–Trinajstić information content (AvgIpc) is 3.14. The van der Waals surface area contributed by atoms with Crippen molar-refractivity contribution in [1.29, 1.82) is 0 Å². The van der Waals surface area contributed by atoms with E-state index < -0.39 is 5.54 Å². The molecule has 6 heteroatoms. The fourth-order valence-corrected chi connectivity index (χ4v) is 1.73. The molecule has 106 valence electrons. The maximum absolute atomic E-state index is 11.7. The van der Waals surface area contributed by atoms with E-state index in [2.05, 4.69) is 5.32 Å². The largest absolute Gasteiger partial charge is 0.497 e. The van der Waals surface area contributed by atoms with E-state index in [4.69, 9.17) is 15.2 Å². The summed E-state index contributed by atoms with van der Waals surface area (Å²) in [5.41, 5.74) is 6.04. The van der Waals surface area contributed by atoms with E-state index in [0.29, 0.717) is 6.54 Å². The molecule has 1 aromatic rings. The normalized spacial score (nSPS) is 15.1. The highest BCUT2D eigenvalue weighted by atomic mass is 35.5. The molecule has 0 bridgehead atoms. The number of hydrogen-bond donors (Lipinski definition) is 2. The second-order valence-electron chi connectivity index (χ2n) is 4.52. The van der Waals surface area contributed by atoms with Gasteiger partial charge in [0, 0.05) is 12.1 Å². The Labute approximate surface area is 118 Å². The summed E-state index contributed by atoms with van der Waals surface area (Å²) in [5, 5.41) is 2.83. The first-order chi connectivity index (χ1) is 8.59. The van der Waals surface area contributed by atoms with Crippen LogP contribution >= 0.6 is 12.4 Å². The molecule has 1 amide bonds. The van der Waals surface area contributed by atoms with E-state index in [1.165, 1.54) is 0 Å². The number of ether oxygens (including phenoxy) is 2. The number of rotatable bonds is 5. The quantitative estimate of drug-likeness (QED) is 0.854. The van der Waals surface area contributed by atoms with E-state index in [-0.39, 0.29) is 18.3 Å². The minimum atomic E-state index is -0.647. The number of halogens is 1. The van der Waals surface area contributed by atoms with Crippen molar-refractivity contribution in [3.63, 3.8) is 0 Å². The van der Waals surface area contributed by atoms with Crippen LogP contribution in [0.15, 0.2) is 18.2 Å². The van der Waals surface area contributed by atoms with Gasteiger partial charge in [0.05, 0.1) is 19.8 Å². The summed E-state index contributed by atoms with van der Waals surface area (Å²) >= 11 is 0. The second kappa shape index (κ2) is 6.12. The number of amides is 1.